The van der Waals surface area contributed by atoms with Gasteiger partial charge in [0.25, 0.3) is 0 Å². The van der Waals surface area contributed by atoms with Gasteiger partial charge in [0.15, 0.2) is 0 Å². The van der Waals surface area contributed by atoms with Gasteiger partial charge < -0.3 is 15.0 Å². The number of thioether (sulfide) groups is 1. The van der Waals surface area contributed by atoms with Crippen LogP contribution in [0.2, 0.25) is 0 Å². The average molecular weight is 443 g/mol. The van der Waals surface area contributed by atoms with E-state index in [0.717, 1.165) is 23.5 Å². The summed E-state index contributed by atoms with van der Waals surface area (Å²) in [6.07, 6.45) is 0.844. The van der Waals surface area contributed by atoms with E-state index >= 15 is 0 Å². The van der Waals surface area contributed by atoms with E-state index in [0.29, 0.717) is 12.3 Å². The van der Waals surface area contributed by atoms with Crippen LogP contribution in [0, 0.1) is 6.92 Å². The summed E-state index contributed by atoms with van der Waals surface area (Å²) >= 11 is 1.58. The fraction of sp³-hybridized carbons (Fsp3) is 0.440. The highest BCUT2D eigenvalue weighted by Gasteiger charge is 2.26. The van der Waals surface area contributed by atoms with Gasteiger partial charge in [-0.25, -0.2) is 0 Å². The van der Waals surface area contributed by atoms with E-state index in [1.165, 1.54) is 11.1 Å². The first kappa shape index (κ1) is 24.8. The quantitative estimate of drug-likeness (QED) is 0.554. The minimum atomic E-state index is -0.553. The van der Waals surface area contributed by atoms with Gasteiger partial charge in [0, 0.05) is 18.3 Å². The van der Waals surface area contributed by atoms with Crippen molar-refractivity contribution < 1.29 is 14.3 Å². The lowest BCUT2D eigenvalue weighted by atomic mass is 10.1. The molecule has 0 spiro atoms. The van der Waals surface area contributed by atoms with Crippen LogP contribution in [0.3, 0.4) is 0 Å². The zero-order chi connectivity index (χ0) is 22.8. The zero-order valence-corrected chi connectivity index (χ0v) is 20.0. The van der Waals surface area contributed by atoms with Crippen LogP contribution in [0.5, 0.6) is 5.75 Å². The molecule has 5 nitrogen and oxygen atoms in total. The molecule has 0 bridgehead atoms. The van der Waals surface area contributed by atoms with E-state index in [-0.39, 0.29) is 17.9 Å². The topological polar surface area (TPSA) is 58.6 Å². The van der Waals surface area contributed by atoms with Crippen molar-refractivity contribution in [3.05, 3.63) is 65.2 Å². The maximum Gasteiger partial charge on any atom is 0.242 e. The molecule has 1 N–H and O–H groups in total. The van der Waals surface area contributed by atoms with Crippen molar-refractivity contribution in [3.8, 4) is 5.75 Å². The number of ether oxygens (including phenoxy) is 1. The minimum absolute atomic E-state index is 0.0406. The van der Waals surface area contributed by atoms with Crippen molar-refractivity contribution >= 4 is 23.6 Å². The van der Waals surface area contributed by atoms with Gasteiger partial charge in [0.2, 0.25) is 11.8 Å². The summed E-state index contributed by atoms with van der Waals surface area (Å²) in [5, 5.41) is 3.00. The molecule has 2 aromatic carbocycles. The van der Waals surface area contributed by atoms with Crippen LogP contribution >= 0.6 is 11.8 Å². The Hall–Kier alpha value is -2.47. The second kappa shape index (κ2) is 12.4. The lowest BCUT2D eigenvalue weighted by molar-refractivity contribution is -0.138. The molecular formula is C25H34N2O3S. The molecule has 6 heteroatoms. The summed E-state index contributed by atoms with van der Waals surface area (Å²) in [6, 6.07) is 15.3. The maximum atomic E-state index is 13.1. The molecule has 2 rings (SSSR count). The van der Waals surface area contributed by atoms with E-state index in [1.807, 2.05) is 50.2 Å². The van der Waals surface area contributed by atoms with Gasteiger partial charge in [-0.15, -0.1) is 11.8 Å². The number of hydrogen-bond acceptors (Lipinski definition) is 4. The van der Waals surface area contributed by atoms with E-state index in [4.69, 9.17) is 4.74 Å². The Morgan fingerprint density at radius 3 is 2.39 bits per heavy atom. The molecule has 0 aromatic heterocycles. The Morgan fingerprint density at radius 1 is 1.10 bits per heavy atom. The first-order chi connectivity index (χ1) is 14.8. The monoisotopic (exact) mass is 442 g/mol. The fourth-order valence-corrected chi connectivity index (χ4v) is 4.07. The van der Waals surface area contributed by atoms with Crippen LogP contribution in [0.4, 0.5) is 0 Å². The summed E-state index contributed by atoms with van der Waals surface area (Å²) in [5.74, 6) is 1.69. The average Bonchev–Trinajstić information content (AvgIpc) is 2.78. The molecule has 0 aliphatic rings. The van der Waals surface area contributed by atoms with Crippen LogP contribution < -0.4 is 10.1 Å². The zero-order valence-electron chi connectivity index (χ0n) is 19.2. The van der Waals surface area contributed by atoms with Crippen LogP contribution in [-0.2, 0) is 21.9 Å². The van der Waals surface area contributed by atoms with Crippen molar-refractivity contribution in [3.63, 3.8) is 0 Å². The van der Waals surface area contributed by atoms with E-state index in [9.17, 15) is 9.59 Å². The molecule has 2 atom stereocenters. The molecule has 0 aliphatic carbocycles. The first-order valence-corrected chi connectivity index (χ1v) is 11.9. The largest absolute Gasteiger partial charge is 0.497 e. The standard InChI is InChI=1S/C25H34N2O3S/c1-6-19(3)26-25(29)20(4)27(15-21-11-13-23(30-5)14-12-21)24(28)17-31-16-22-10-8-7-9-18(22)2/h7-14,19-20H,6,15-17H2,1-5H3,(H,26,29)/t19-,20-/m0/s1. The van der Waals surface area contributed by atoms with Crippen LogP contribution in [0.1, 0.15) is 43.9 Å². The predicted octanol–water partition coefficient (Wildman–Crippen LogP) is 4.57. The number of nitrogens with zero attached hydrogens (tertiary/aromatic N) is 1. The molecule has 0 unspecified atom stereocenters. The molecule has 2 amide bonds. The van der Waals surface area contributed by atoms with Gasteiger partial charge in [0.05, 0.1) is 12.9 Å². The SMILES string of the molecule is CC[C@H](C)NC(=O)[C@H](C)N(Cc1ccc(OC)cc1)C(=O)CSCc1ccccc1C. The molecule has 0 saturated carbocycles. The highest BCUT2D eigenvalue weighted by Crippen LogP contribution is 2.19. The van der Waals surface area contributed by atoms with E-state index in [1.54, 1.807) is 30.7 Å². The third kappa shape index (κ3) is 7.62. The van der Waals surface area contributed by atoms with Crippen molar-refractivity contribution in [2.45, 2.75) is 58.5 Å². The van der Waals surface area contributed by atoms with E-state index < -0.39 is 6.04 Å². The highest BCUT2D eigenvalue weighted by atomic mass is 32.2. The fourth-order valence-electron chi connectivity index (χ4n) is 3.08. The third-order valence-electron chi connectivity index (χ3n) is 5.42. The molecular weight excluding hydrogens is 408 g/mol. The van der Waals surface area contributed by atoms with Crippen LogP contribution in [0.15, 0.2) is 48.5 Å². The molecule has 2 aromatic rings. The third-order valence-corrected chi connectivity index (χ3v) is 6.39. The van der Waals surface area contributed by atoms with E-state index in [2.05, 4.69) is 24.4 Å². The maximum absolute atomic E-state index is 13.1. The molecule has 168 valence electrons. The molecule has 0 saturated heterocycles. The molecule has 0 heterocycles. The number of nitrogens with one attached hydrogen (secondary N) is 1. The summed E-state index contributed by atoms with van der Waals surface area (Å²) in [6.45, 7) is 8.25. The summed E-state index contributed by atoms with van der Waals surface area (Å²) < 4.78 is 5.22. The normalized spacial score (nSPS) is 12.7. The molecule has 0 aliphatic heterocycles. The Bertz CT molecular complexity index is 854. The lowest BCUT2D eigenvalue weighted by Crippen LogP contribution is -2.50. The second-order valence-corrected chi connectivity index (χ2v) is 8.77. The number of benzene rings is 2. The predicted molar refractivity (Wildman–Crippen MR) is 128 cm³/mol. The number of carbonyl (C=O) groups is 2. The van der Waals surface area contributed by atoms with Gasteiger partial charge in [-0.3, -0.25) is 9.59 Å². The van der Waals surface area contributed by atoms with Crippen molar-refractivity contribution in [1.82, 2.24) is 10.2 Å². The Kier molecular flexibility index (Phi) is 9.92. The summed E-state index contributed by atoms with van der Waals surface area (Å²) in [4.78, 5) is 27.6. The Morgan fingerprint density at radius 2 is 1.77 bits per heavy atom. The van der Waals surface area contributed by atoms with Crippen molar-refractivity contribution in [2.24, 2.45) is 0 Å². The number of amides is 2. The summed E-state index contributed by atoms with van der Waals surface area (Å²) in [5.41, 5.74) is 3.41. The minimum Gasteiger partial charge on any atom is -0.497 e. The Labute approximate surface area is 190 Å². The van der Waals surface area contributed by atoms with Crippen molar-refractivity contribution in [1.29, 1.82) is 0 Å². The molecule has 31 heavy (non-hydrogen) atoms. The number of aryl methyl sites for hydroxylation is 1. The molecule has 0 fully saturated rings. The number of methoxy groups -OCH3 is 1. The van der Waals surface area contributed by atoms with Gasteiger partial charge >= 0.3 is 0 Å². The number of rotatable bonds is 11. The first-order valence-electron chi connectivity index (χ1n) is 10.7. The van der Waals surface area contributed by atoms with Crippen LogP contribution in [0.25, 0.3) is 0 Å². The van der Waals surface area contributed by atoms with Gasteiger partial charge in [0.1, 0.15) is 11.8 Å². The van der Waals surface area contributed by atoms with Gasteiger partial charge in [-0.2, -0.15) is 0 Å². The summed E-state index contributed by atoms with van der Waals surface area (Å²) in [7, 11) is 1.62. The van der Waals surface area contributed by atoms with Crippen molar-refractivity contribution in [2.75, 3.05) is 12.9 Å². The lowest BCUT2D eigenvalue weighted by Gasteiger charge is -2.29. The molecule has 0 radical (unpaired) electrons. The van der Waals surface area contributed by atoms with Gasteiger partial charge in [-0.1, -0.05) is 43.3 Å². The number of hydrogen-bond donors (Lipinski definition) is 1. The highest BCUT2D eigenvalue weighted by molar-refractivity contribution is 7.99. The number of carbonyl (C=O) groups excluding carboxylic acids is 2. The van der Waals surface area contributed by atoms with Gasteiger partial charge in [-0.05, 0) is 56.0 Å². The second-order valence-electron chi connectivity index (χ2n) is 7.78. The smallest absolute Gasteiger partial charge is 0.242 e. The Balaban J connectivity index is 2.09. The van der Waals surface area contributed by atoms with Crippen LogP contribution in [-0.4, -0.2) is 41.7 Å².